The number of nitrogens with zero attached hydrogens (tertiary/aromatic N) is 1. The van der Waals surface area contributed by atoms with Crippen LogP contribution in [0.4, 0.5) is 0 Å². The van der Waals surface area contributed by atoms with Crippen LogP contribution in [-0.4, -0.2) is 39.1 Å². The van der Waals surface area contributed by atoms with Crippen molar-refractivity contribution in [3.8, 4) is 5.75 Å². The summed E-state index contributed by atoms with van der Waals surface area (Å²) in [6.07, 6.45) is 1.17. The summed E-state index contributed by atoms with van der Waals surface area (Å²) < 4.78 is 29.5. The second-order valence-corrected chi connectivity index (χ2v) is 8.70. The Balaban J connectivity index is 1.99. The molecule has 2 aromatic carbocycles. The van der Waals surface area contributed by atoms with Gasteiger partial charge in [-0.3, -0.25) is 4.79 Å². The molecule has 1 atom stereocenters. The van der Waals surface area contributed by atoms with E-state index < -0.39 is 9.84 Å². The smallest absolute Gasteiger partial charge is 0.260 e. The fraction of sp³-hybridized carbons (Fsp3) is 0.278. The van der Waals surface area contributed by atoms with E-state index in [1.165, 1.54) is 6.26 Å². The average Bonchev–Trinajstić information content (AvgIpc) is 2.59. The normalized spacial score (nSPS) is 12.5. The lowest BCUT2D eigenvalue weighted by molar-refractivity contribution is -0.134. The van der Waals surface area contributed by atoms with Crippen LogP contribution in [0.1, 0.15) is 18.5 Å². The van der Waals surface area contributed by atoms with Crippen molar-refractivity contribution in [1.82, 2.24) is 4.90 Å². The van der Waals surface area contributed by atoms with Crippen LogP contribution in [0.5, 0.6) is 5.75 Å². The predicted molar refractivity (Wildman–Crippen MR) is 100 cm³/mol. The minimum Gasteiger partial charge on any atom is -0.484 e. The van der Waals surface area contributed by atoms with E-state index in [0.717, 1.165) is 10.0 Å². The molecule has 0 aliphatic heterocycles. The Morgan fingerprint density at radius 2 is 1.68 bits per heavy atom. The summed E-state index contributed by atoms with van der Waals surface area (Å²) in [7, 11) is -1.53. The number of benzene rings is 2. The van der Waals surface area contributed by atoms with Crippen molar-refractivity contribution in [2.24, 2.45) is 0 Å². The summed E-state index contributed by atoms with van der Waals surface area (Å²) in [5, 5.41) is 0. The van der Waals surface area contributed by atoms with Gasteiger partial charge in [-0.25, -0.2) is 8.42 Å². The van der Waals surface area contributed by atoms with E-state index >= 15 is 0 Å². The maximum atomic E-state index is 12.3. The molecule has 0 radical (unpaired) electrons. The van der Waals surface area contributed by atoms with Crippen molar-refractivity contribution in [1.29, 1.82) is 0 Å². The third-order valence-electron chi connectivity index (χ3n) is 3.94. The number of rotatable bonds is 6. The maximum Gasteiger partial charge on any atom is 0.260 e. The largest absolute Gasteiger partial charge is 0.484 e. The van der Waals surface area contributed by atoms with Gasteiger partial charge in [0, 0.05) is 17.8 Å². The van der Waals surface area contributed by atoms with Crippen molar-refractivity contribution < 1.29 is 17.9 Å². The Morgan fingerprint density at radius 1 is 1.12 bits per heavy atom. The molecule has 0 aliphatic carbocycles. The van der Waals surface area contributed by atoms with Gasteiger partial charge in [0.2, 0.25) is 0 Å². The zero-order chi connectivity index (χ0) is 18.6. The molecule has 0 spiro atoms. The number of amides is 1. The van der Waals surface area contributed by atoms with Crippen LogP contribution < -0.4 is 4.74 Å². The van der Waals surface area contributed by atoms with Gasteiger partial charge in [0.25, 0.3) is 5.91 Å². The Hall–Kier alpha value is -1.86. The van der Waals surface area contributed by atoms with Gasteiger partial charge in [0.05, 0.1) is 10.9 Å². The van der Waals surface area contributed by atoms with E-state index in [-0.39, 0.29) is 23.5 Å². The van der Waals surface area contributed by atoms with Crippen LogP contribution in [0, 0.1) is 0 Å². The Bertz CT molecular complexity index is 832. The fourth-order valence-corrected chi connectivity index (χ4v) is 3.11. The van der Waals surface area contributed by atoms with E-state index in [9.17, 15) is 13.2 Å². The third kappa shape index (κ3) is 5.31. The number of carbonyl (C=O) groups is 1. The Labute approximate surface area is 156 Å². The van der Waals surface area contributed by atoms with E-state index in [1.807, 2.05) is 19.1 Å². The van der Waals surface area contributed by atoms with Gasteiger partial charge < -0.3 is 9.64 Å². The van der Waals surface area contributed by atoms with E-state index in [0.29, 0.717) is 5.75 Å². The molecule has 0 N–H and O–H groups in total. The van der Waals surface area contributed by atoms with Crippen LogP contribution in [-0.2, 0) is 14.6 Å². The monoisotopic (exact) mass is 425 g/mol. The maximum absolute atomic E-state index is 12.3. The van der Waals surface area contributed by atoms with Gasteiger partial charge in [-0.2, -0.15) is 0 Å². The molecule has 2 aromatic rings. The third-order valence-corrected chi connectivity index (χ3v) is 5.60. The summed E-state index contributed by atoms with van der Waals surface area (Å²) >= 11 is 3.34. The van der Waals surface area contributed by atoms with Crippen molar-refractivity contribution in [3.63, 3.8) is 0 Å². The molecule has 0 unspecified atom stereocenters. The highest BCUT2D eigenvalue weighted by molar-refractivity contribution is 9.10. The second-order valence-electron chi connectivity index (χ2n) is 5.76. The first-order chi connectivity index (χ1) is 11.7. The molecule has 0 bridgehead atoms. The van der Waals surface area contributed by atoms with E-state index in [2.05, 4.69) is 15.9 Å². The highest BCUT2D eigenvalue weighted by atomic mass is 79.9. The van der Waals surface area contributed by atoms with Crippen molar-refractivity contribution in [2.45, 2.75) is 17.9 Å². The minimum absolute atomic E-state index is 0.0656. The molecule has 0 saturated carbocycles. The van der Waals surface area contributed by atoms with Crippen LogP contribution >= 0.6 is 15.9 Å². The minimum atomic E-state index is -3.23. The standard InChI is InChI=1S/C18H20BrNO4S/c1-13(14-4-10-17(11-5-14)25(3,22)23)20(2)18(21)12-24-16-8-6-15(19)7-9-16/h4-11,13H,12H2,1-3H3/t13-/m1/s1. The first-order valence-electron chi connectivity index (χ1n) is 7.62. The highest BCUT2D eigenvalue weighted by Gasteiger charge is 2.18. The van der Waals surface area contributed by atoms with Crippen molar-refractivity contribution in [3.05, 3.63) is 58.6 Å². The van der Waals surface area contributed by atoms with Crippen LogP contribution in [0.3, 0.4) is 0 Å². The summed E-state index contributed by atoms with van der Waals surface area (Å²) in [4.78, 5) is 14.2. The molecule has 0 heterocycles. The molecule has 0 aromatic heterocycles. The highest BCUT2D eigenvalue weighted by Crippen LogP contribution is 2.21. The van der Waals surface area contributed by atoms with Gasteiger partial charge in [0.15, 0.2) is 16.4 Å². The quantitative estimate of drug-likeness (QED) is 0.710. The van der Waals surface area contributed by atoms with Gasteiger partial charge in [-0.15, -0.1) is 0 Å². The zero-order valence-electron chi connectivity index (χ0n) is 14.3. The molecule has 5 nitrogen and oxygen atoms in total. The number of ether oxygens (including phenoxy) is 1. The summed E-state index contributed by atoms with van der Waals surface area (Å²) in [6, 6.07) is 13.6. The SMILES string of the molecule is C[C@H](c1ccc(S(C)(=O)=O)cc1)N(C)C(=O)COc1ccc(Br)cc1. The van der Waals surface area contributed by atoms with Gasteiger partial charge in [0.1, 0.15) is 5.75 Å². The molecule has 0 aliphatic rings. The van der Waals surface area contributed by atoms with Gasteiger partial charge >= 0.3 is 0 Å². The van der Waals surface area contributed by atoms with Crippen LogP contribution in [0.2, 0.25) is 0 Å². The lowest BCUT2D eigenvalue weighted by Crippen LogP contribution is -2.33. The molecular weight excluding hydrogens is 406 g/mol. The second kappa shape index (κ2) is 8.01. The first-order valence-corrected chi connectivity index (χ1v) is 10.3. The van der Waals surface area contributed by atoms with Crippen molar-refractivity contribution in [2.75, 3.05) is 19.9 Å². The number of hydrogen-bond acceptors (Lipinski definition) is 4. The molecule has 134 valence electrons. The first kappa shape index (κ1) is 19.5. The van der Waals surface area contributed by atoms with Crippen LogP contribution in [0.25, 0.3) is 0 Å². The molecule has 25 heavy (non-hydrogen) atoms. The molecule has 1 amide bonds. The number of sulfone groups is 1. The number of halogens is 1. The molecule has 0 fully saturated rings. The van der Waals surface area contributed by atoms with Crippen LogP contribution in [0.15, 0.2) is 57.9 Å². The van der Waals surface area contributed by atoms with Gasteiger partial charge in [-0.1, -0.05) is 28.1 Å². The fourth-order valence-electron chi connectivity index (χ4n) is 2.21. The predicted octanol–water partition coefficient (Wildman–Crippen LogP) is 3.45. The lowest BCUT2D eigenvalue weighted by atomic mass is 10.1. The summed E-state index contributed by atoms with van der Waals surface area (Å²) in [6.45, 7) is 1.82. The molecular formula is C18H20BrNO4S. The topological polar surface area (TPSA) is 63.7 Å². The number of hydrogen-bond donors (Lipinski definition) is 0. The average molecular weight is 426 g/mol. The summed E-state index contributed by atoms with van der Waals surface area (Å²) in [5.41, 5.74) is 0.854. The number of carbonyl (C=O) groups excluding carboxylic acids is 1. The molecule has 0 saturated heterocycles. The summed E-state index contributed by atoms with van der Waals surface area (Å²) in [5.74, 6) is 0.456. The molecule has 2 rings (SSSR count). The molecule has 7 heteroatoms. The Morgan fingerprint density at radius 3 is 2.20 bits per heavy atom. The van der Waals surface area contributed by atoms with Crippen molar-refractivity contribution >= 4 is 31.7 Å². The van der Waals surface area contributed by atoms with Gasteiger partial charge in [-0.05, 0) is 48.9 Å². The Kier molecular flexibility index (Phi) is 6.24. The lowest BCUT2D eigenvalue weighted by Gasteiger charge is -2.25. The zero-order valence-corrected chi connectivity index (χ0v) is 16.7. The number of likely N-dealkylation sites (N-methyl/N-ethyl adjacent to an activating group) is 1. The van der Waals surface area contributed by atoms with E-state index in [4.69, 9.17) is 4.74 Å². The van der Waals surface area contributed by atoms with E-state index in [1.54, 1.807) is 48.3 Å².